The molecule has 7 nitrogen and oxygen atoms in total. The second-order valence-electron chi connectivity index (χ2n) is 6.75. The molecule has 0 aromatic heterocycles. The molecule has 2 aliphatic rings. The van der Waals surface area contributed by atoms with E-state index in [1.807, 2.05) is 4.90 Å². The van der Waals surface area contributed by atoms with Gasteiger partial charge in [0.2, 0.25) is 0 Å². The Hall–Kier alpha value is -2.22. The predicted molar refractivity (Wildman–Crippen MR) is 97.9 cm³/mol. The van der Waals surface area contributed by atoms with Crippen LogP contribution in [0.3, 0.4) is 0 Å². The summed E-state index contributed by atoms with van der Waals surface area (Å²) in [5.41, 5.74) is 5.63. The van der Waals surface area contributed by atoms with E-state index in [1.165, 1.54) is 6.07 Å². The summed E-state index contributed by atoms with van der Waals surface area (Å²) < 4.78 is 14.0. The maximum atomic E-state index is 14.0. The normalized spacial score (nSPS) is 20.9. The molecule has 142 valence electrons. The highest BCUT2D eigenvalue weighted by molar-refractivity contribution is 6.30. The number of nitrogens with one attached hydrogen (secondary N) is 2. The number of halogens is 2. The lowest BCUT2D eigenvalue weighted by atomic mass is 10.1. The molecule has 0 bridgehead atoms. The first-order valence-corrected chi connectivity index (χ1v) is 9.11. The number of benzene rings is 1. The van der Waals surface area contributed by atoms with Gasteiger partial charge in [-0.15, -0.1) is 0 Å². The van der Waals surface area contributed by atoms with Crippen molar-refractivity contribution in [2.24, 2.45) is 5.73 Å². The molecule has 0 spiro atoms. The van der Waals surface area contributed by atoms with Crippen molar-refractivity contribution in [3.8, 4) is 0 Å². The number of nitrogens with zero attached hydrogens (tertiary/aromatic N) is 2. The van der Waals surface area contributed by atoms with E-state index in [0.29, 0.717) is 49.7 Å². The van der Waals surface area contributed by atoms with E-state index >= 15 is 0 Å². The monoisotopic (exact) mass is 383 g/mol. The minimum Gasteiger partial charge on any atom is -0.367 e. The zero-order valence-corrected chi connectivity index (χ0v) is 15.1. The maximum absolute atomic E-state index is 14.0. The maximum Gasteiger partial charge on any atom is 0.317 e. The van der Waals surface area contributed by atoms with E-state index in [1.54, 1.807) is 17.0 Å². The topological polar surface area (TPSA) is 90.7 Å². The molecule has 0 saturated carbocycles. The summed E-state index contributed by atoms with van der Waals surface area (Å²) in [6.07, 6.45) is 2.12. The molecule has 1 unspecified atom stereocenters. The Bertz CT molecular complexity index is 681. The lowest BCUT2D eigenvalue weighted by molar-refractivity contribution is 0.174. The first-order chi connectivity index (χ1) is 12.4. The Morgan fingerprint density at radius 3 is 2.46 bits per heavy atom. The molecule has 1 aromatic rings. The summed E-state index contributed by atoms with van der Waals surface area (Å²) in [6, 6.07) is 3.96. The lowest BCUT2D eigenvalue weighted by Crippen LogP contribution is -2.52. The largest absolute Gasteiger partial charge is 0.367 e. The van der Waals surface area contributed by atoms with Crippen LogP contribution in [-0.2, 0) is 0 Å². The molecule has 4 N–H and O–H groups in total. The van der Waals surface area contributed by atoms with E-state index in [-0.39, 0.29) is 23.9 Å². The van der Waals surface area contributed by atoms with Gasteiger partial charge in [-0.3, -0.25) is 0 Å². The fraction of sp³-hybridized carbons (Fsp3) is 0.529. The Labute approximate surface area is 156 Å². The van der Waals surface area contributed by atoms with Gasteiger partial charge in [-0.2, -0.15) is 0 Å². The van der Waals surface area contributed by atoms with Crippen LogP contribution in [-0.4, -0.2) is 55.2 Å². The van der Waals surface area contributed by atoms with Crippen molar-refractivity contribution in [3.05, 3.63) is 29.0 Å². The van der Waals surface area contributed by atoms with Crippen molar-refractivity contribution in [3.63, 3.8) is 0 Å². The van der Waals surface area contributed by atoms with Crippen molar-refractivity contribution in [2.75, 3.05) is 31.1 Å². The first kappa shape index (κ1) is 18.6. The zero-order chi connectivity index (χ0) is 18.7. The minimum absolute atomic E-state index is 0.0198. The zero-order valence-electron chi connectivity index (χ0n) is 14.4. The number of anilines is 1. The molecule has 0 radical (unpaired) electrons. The number of urea groups is 2. The van der Waals surface area contributed by atoms with E-state index in [9.17, 15) is 14.0 Å². The van der Waals surface area contributed by atoms with E-state index in [2.05, 4.69) is 10.6 Å². The standard InChI is InChI=1S/C17H23ClFN5O2/c18-11-1-2-15(14(19)9-11)24-8-5-13(10-24)22-17(26)23-6-3-12(4-7-23)21-16(20)25/h1-2,9,12-13H,3-8,10H2,(H,22,26)(H3,20,21,25). The molecular formula is C17H23ClFN5O2. The van der Waals surface area contributed by atoms with Crippen LogP contribution in [0.5, 0.6) is 0 Å². The van der Waals surface area contributed by atoms with Gasteiger partial charge in [-0.05, 0) is 37.5 Å². The Balaban J connectivity index is 1.48. The Morgan fingerprint density at radius 2 is 1.81 bits per heavy atom. The van der Waals surface area contributed by atoms with Crippen LogP contribution in [0, 0.1) is 5.82 Å². The van der Waals surface area contributed by atoms with Crippen LogP contribution in [0.15, 0.2) is 18.2 Å². The van der Waals surface area contributed by atoms with Crippen molar-refractivity contribution in [2.45, 2.75) is 31.3 Å². The number of piperidine rings is 1. The van der Waals surface area contributed by atoms with E-state index < -0.39 is 6.03 Å². The summed E-state index contributed by atoms with van der Waals surface area (Å²) in [6.45, 7) is 2.37. The number of nitrogens with two attached hydrogens (primary N) is 1. The average molecular weight is 384 g/mol. The second-order valence-corrected chi connectivity index (χ2v) is 7.18. The molecule has 4 amide bonds. The molecule has 2 aliphatic heterocycles. The molecular weight excluding hydrogens is 361 g/mol. The van der Waals surface area contributed by atoms with Gasteiger partial charge < -0.3 is 26.2 Å². The molecule has 9 heteroatoms. The van der Waals surface area contributed by atoms with Crippen molar-refractivity contribution in [1.29, 1.82) is 0 Å². The third kappa shape index (κ3) is 4.49. The van der Waals surface area contributed by atoms with E-state index in [0.717, 1.165) is 6.42 Å². The molecule has 3 rings (SSSR count). The highest BCUT2D eigenvalue weighted by atomic mass is 35.5. The van der Waals surface area contributed by atoms with Crippen LogP contribution >= 0.6 is 11.6 Å². The smallest absolute Gasteiger partial charge is 0.317 e. The van der Waals surface area contributed by atoms with Crippen molar-refractivity contribution >= 4 is 29.4 Å². The van der Waals surface area contributed by atoms with Gasteiger partial charge in [0.25, 0.3) is 0 Å². The van der Waals surface area contributed by atoms with Gasteiger partial charge in [-0.25, -0.2) is 14.0 Å². The fourth-order valence-corrected chi connectivity index (χ4v) is 3.69. The third-order valence-corrected chi connectivity index (χ3v) is 5.13. The number of amides is 4. The summed E-state index contributed by atoms with van der Waals surface area (Å²) in [5.74, 6) is -0.353. The number of hydrogen-bond acceptors (Lipinski definition) is 3. The summed E-state index contributed by atoms with van der Waals surface area (Å²) >= 11 is 5.79. The first-order valence-electron chi connectivity index (χ1n) is 8.74. The minimum atomic E-state index is -0.534. The summed E-state index contributed by atoms with van der Waals surface area (Å²) in [4.78, 5) is 27.0. The van der Waals surface area contributed by atoms with E-state index in [4.69, 9.17) is 17.3 Å². The molecule has 1 atom stereocenters. The SMILES string of the molecule is NC(=O)NC1CCN(C(=O)NC2CCN(c3ccc(Cl)cc3F)C2)CC1. The van der Waals surface area contributed by atoms with Gasteiger partial charge in [-0.1, -0.05) is 11.6 Å². The molecule has 2 fully saturated rings. The van der Waals surface area contributed by atoms with Gasteiger partial charge >= 0.3 is 12.1 Å². The number of carbonyl (C=O) groups is 2. The number of hydrogen-bond donors (Lipinski definition) is 3. The summed E-state index contributed by atoms with van der Waals surface area (Å²) in [7, 11) is 0. The number of likely N-dealkylation sites (tertiary alicyclic amines) is 1. The van der Waals surface area contributed by atoms with Crippen LogP contribution in [0.2, 0.25) is 5.02 Å². The average Bonchev–Trinajstić information content (AvgIpc) is 3.03. The van der Waals surface area contributed by atoms with Gasteiger partial charge in [0, 0.05) is 43.3 Å². The van der Waals surface area contributed by atoms with Crippen molar-refractivity contribution < 1.29 is 14.0 Å². The molecule has 1 aromatic carbocycles. The van der Waals surface area contributed by atoms with Crippen LogP contribution < -0.4 is 21.3 Å². The van der Waals surface area contributed by atoms with Crippen molar-refractivity contribution in [1.82, 2.24) is 15.5 Å². The molecule has 26 heavy (non-hydrogen) atoms. The van der Waals surface area contributed by atoms with Crippen LogP contribution in [0.4, 0.5) is 19.7 Å². The molecule has 2 saturated heterocycles. The number of carbonyl (C=O) groups excluding carboxylic acids is 2. The number of primary amides is 1. The number of rotatable bonds is 3. The Kier molecular flexibility index (Phi) is 5.70. The van der Waals surface area contributed by atoms with Gasteiger partial charge in [0.05, 0.1) is 5.69 Å². The summed E-state index contributed by atoms with van der Waals surface area (Å²) in [5, 5.41) is 6.06. The third-order valence-electron chi connectivity index (χ3n) is 4.89. The van der Waals surface area contributed by atoms with Gasteiger partial charge in [0.15, 0.2) is 0 Å². The Morgan fingerprint density at radius 1 is 1.12 bits per heavy atom. The highest BCUT2D eigenvalue weighted by Crippen LogP contribution is 2.26. The molecule has 0 aliphatic carbocycles. The highest BCUT2D eigenvalue weighted by Gasteiger charge is 2.29. The lowest BCUT2D eigenvalue weighted by Gasteiger charge is -2.32. The second kappa shape index (κ2) is 7.99. The van der Waals surface area contributed by atoms with Crippen LogP contribution in [0.1, 0.15) is 19.3 Å². The fourth-order valence-electron chi connectivity index (χ4n) is 3.53. The van der Waals surface area contributed by atoms with Gasteiger partial charge in [0.1, 0.15) is 5.82 Å². The quantitative estimate of drug-likeness (QED) is 0.744. The molecule has 2 heterocycles. The predicted octanol–water partition coefficient (Wildman–Crippen LogP) is 1.90. The van der Waals surface area contributed by atoms with Crippen LogP contribution in [0.25, 0.3) is 0 Å².